The van der Waals surface area contributed by atoms with E-state index < -0.39 is 16.2 Å². The molecule has 3 aromatic carbocycles. The molecule has 0 spiro atoms. The molecule has 6 heteroatoms. The molecule has 0 aromatic heterocycles. The fraction of sp³-hybridized carbons (Fsp3) is 0.400. The van der Waals surface area contributed by atoms with E-state index in [1.54, 1.807) is 24.3 Å². The van der Waals surface area contributed by atoms with Crippen molar-refractivity contribution in [2.75, 3.05) is 11.5 Å². The van der Waals surface area contributed by atoms with Crippen LogP contribution in [0.25, 0.3) is 0 Å². The van der Waals surface area contributed by atoms with Gasteiger partial charge >= 0.3 is 5.97 Å². The van der Waals surface area contributed by atoms with Crippen molar-refractivity contribution in [3.05, 3.63) is 101 Å². The highest BCUT2D eigenvalue weighted by atomic mass is 79.9. The fourth-order valence-corrected chi connectivity index (χ4v) is 8.37. The van der Waals surface area contributed by atoms with Gasteiger partial charge in [0.15, 0.2) is 0 Å². The predicted octanol–water partition coefficient (Wildman–Crippen LogP) is 7.89. The summed E-state index contributed by atoms with van der Waals surface area (Å²) in [5.74, 6) is -2.02. The summed E-state index contributed by atoms with van der Waals surface area (Å²) in [6.07, 6.45) is 9.46. The zero-order valence-corrected chi connectivity index (χ0v) is 25.1. The largest absolute Gasteiger partial charge is 0.462 e. The Kier molecular flexibility index (Phi) is 7.86. The van der Waals surface area contributed by atoms with Gasteiger partial charge in [-0.05, 0) is 52.9 Å². The number of rotatable bonds is 11. The van der Waals surface area contributed by atoms with E-state index in [1.165, 1.54) is 43.4 Å². The van der Waals surface area contributed by atoms with E-state index in [9.17, 15) is 14.4 Å². The number of halogens is 1. The lowest BCUT2D eigenvalue weighted by Gasteiger charge is -2.51. The van der Waals surface area contributed by atoms with Crippen molar-refractivity contribution in [3.63, 3.8) is 0 Å². The number of amides is 2. The van der Waals surface area contributed by atoms with Gasteiger partial charge in [0.2, 0.25) is 11.8 Å². The highest BCUT2D eigenvalue weighted by Gasteiger charge is 2.67. The number of carbonyl (C=O) groups excluding carboxylic acids is 3. The Balaban J connectivity index is 1.15. The van der Waals surface area contributed by atoms with Crippen LogP contribution < -0.4 is 4.90 Å². The van der Waals surface area contributed by atoms with Gasteiger partial charge in [-0.1, -0.05) is 116 Å². The Morgan fingerprint density at radius 2 is 1.34 bits per heavy atom. The highest BCUT2D eigenvalue weighted by Crippen LogP contribution is 2.66. The number of nitrogens with zero attached hydrogens (tertiary/aromatic N) is 1. The van der Waals surface area contributed by atoms with Crippen LogP contribution in [-0.4, -0.2) is 24.4 Å². The predicted molar refractivity (Wildman–Crippen MR) is 163 cm³/mol. The maximum atomic E-state index is 14.1. The molecule has 1 heterocycles. The third kappa shape index (κ3) is 4.64. The number of carbonyl (C=O) groups is 3. The monoisotopic (exact) mass is 613 g/mol. The number of imide groups is 1. The molecule has 4 aliphatic rings. The van der Waals surface area contributed by atoms with Crippen LogP contribution in [0.3, 0.4) is 0 Å². The standard InChI is InChI=1S/C35H36BrNO4/c1-2-3-4-5-6-7-8-13-22-41-34(40)23-18-20-24(21-19-23)37-32(38)30-29-25-14-9-11-16-27(25)35(36,31(30)33(37)39)28-17-12-10-15-26(28)29/h9-12,14-21,29-31H,2-8,13,22H2,1H3/t29?,30-,31-,35?/m0/s1. The van der Waals surface area contributed by atoms with E-state index >= 15 is 0 Å². The van der Waals surface area contributed by atoms with Gasteiger partial charge in [0.25, 0.3) is 0 Å². The lowest BCUT2D eigenvalue weighted by atomic mass is 9.55. The van der Waals surface area contributed by atoms with Crippen molar-refractivity contribution >= 4 is 39.4 Å². The van der Waals surface area contributed by atoms with E-state index in [2.05, 4.69) is 47.1 Å². The normalized spacial score (nSPS) is 23.8. The number of anilines is 1. The second-order valence-electron chi connectivity index (χ2n) is 11.5. The Hall–Kier alpha value is -3.25. The molecule has 2 amide bonds. The Bertz CT molecular complexity index is 1420. The van der Waals surface area contributed by atoms with Crippen LogP contribution in [0.2, 0.25) is 0 Å². The molecule has 2 bridgehead atoms. The van der Waals surface area contributed by atoms with Crippen LogP contribution in [-0.2, 0) is 18.7 Å². The van der Waals surface area contributed by atoms with Gasteiger partial charge in [-0.3, -0.25) is 9.59 Å². The van der Waals surface area contributed by atoms with Crippen LogP contribution in [0, 0.1) is 11.8 Å². The van der Waals surface area contributed by atoms with Gasteiger partial charge < -0.3 is 4.74 Å². The number of hydrogen-bond acceptors (Lipinski definition) is 4. The van der Waals surface area contributed by atoms with Crippen molar-refractivity contribution in [3.8, 4) is 0 Å². The minimum absolute atomic E-state index is 0.182. The first-order valence-electron chi connectivity index (χ1n) is 15.0. The van der Waals surface area contributed by atoms with Crippen LogP contribution in [0.1, 0.15) is 96.8 Å². The van der Waals surface area contributed by atoms with E-state index in [0.29, 0.717) is 17.9 Å². The van der Waals surface area contributed by atoms with Gasteiger partial charge in [0.05, 0.1) is 34.0 Å². The number of alkyl halides is 1. The first-order valence-corrected chi connectivity index (χ1v) is 15.8. The molecule has 41 heavy (non-hydrogen) atoms. The zero-order valence-electron chi connectivity index (χ0n) is 23.5. The Morgan fingerprint density at radius 3 is 1.95 bits per heavy atom. The van der Waals surface area contributed by atoms with E-state index in [-0.39, 0.29) is 23.7 Å². The van der Waals surface area contributed by atoms with E-state index in [1.807, 2.05) is 24.3 Å². The summed E-state index contributed by atoms with van der Waals surface area (Å²) in [5, 5.41) is 0. The van der Waals surface area contributed by atoms with Crippen LogP contribution in [0.4, 0.5) is 5.69 Å². The van der Waals surface area contributed by atoms with E-state index in [4.69, 9.17) is 4.74 Å². The lowest BCUT2D eigenvalue weighted by Crippen LogP contribution is -2.50. The molecule has 7 rings (SSSR count). The minimum Gasteiger partial charge on any atom is -0.462 e. The van der Waals surface area contributed by atoms with Gasteiger partial charge in [0, 0.05) is 5.92 Å². The Labute approximate surface area is 250 Å². The first-order chi connectivity index (χ1) is 20.0. The molecule has 1 saturated heterocycles. The molecule has 0 radical (unpaired) electrons. The average molecular weight is 615 g/mol. The number of ether oxygens (including phenoxy) is 1. The smallest absolute Gasteiger partial charge is 0.338 e. The molecule has 1 aliphatic heterocycles. The topological polar surface area (TPSA) is 63.7 Å². The van der Waals surface area contributed by atoms with Crippen LogP contribution >= 0.6 is 15.9 Å². The zero-order chi connectivity index (χ0) is 28.6. The molecular formula is C35H36BrNO4. The second kappa shape index (κ2) is 11.6. The van der Waals surface area contributed by atoms with Gasteiger partial charge in [-0.2, -0.15) is 0 Å². The maximum absolute atomic E-state index is 14.1. The SMILES string of the molecule is CCCCCCCCCCOC(=O)c1ccc(N2C(=O)[C@@H]3[C@@H](C2=O)C2c4ccccc4C3(Br)c3ccccc32)cc1. The van der Waals surface area contributed by atoms with E-state index in [0.717, 1.165) is 35.1 Å². The molecule has 3 aliphatic carbocycles. The molecule has 0 unspecified atom stereocenters. The van der Waals surface area contributed by atoms with Crippen LogP contribution in [0.15, 0.2) is 72.8 Å². The van der Waals surface area contributed by atoms with Crippen molar-refractivity contribution in [1.82, 2.24) is 0 Å². The van der Waals surface area contributed by atoms with Crippen molar-refractivity contribution in [2.24, 2.45) is 11.8 Å². The first kappa shape index (κ1) is 27.9. The number of esters is 1. The highest BCUT2D eigenvalue weighted by molar-refractivity contribution is 9.09. The average Bonchev–Trinajstić information content (AvgIpc) is 3.27. The summed E-state index contributed by atoms with van der Waals surface area (Å²) >= 11 is 4.03. The van der Waals surface area contributed by atoms with Crippen molar-refractivity contribution in [1.29, 1.82) is 0 Å². The molecule has 5 nitrogen and oxygen atoms in total. The summed E-state index contributed by atoms with van der Waals surface area (Å²) in [4.78, 5) is 42.0. The molecular weight excluding hydrogens is 578 g/mol. The number of hydrogen-bond donors (Lipinski definition) is 0. The van der Waals surface area contributed by atoms with Gasteiger partial charge in [-0.25, -0.2) is 9.69 Å². The van der Waals surface area contributed by atoms with Crippen molar-refractivity contribution < 1.29 is 19.1 Å². The number of unbranched alkanes of at least 4 members (excludes halogenated alkanes) is 7. The second-order valence-corrected chi connectivity index (χ2v) is 12.8. The molecule has 212 valence electrons. The summed E-state index contributed by atoms with van der Waals surface area (Å²) in [6, 6.07) is 22.9. The fourth-order valence-electron chi connectivity index (χ4n) is 7.16. The summed E-state index contributed by atoms with van der Waals surface area (Å²) < 4.78 is 4.71. The van der Waals surface area contributed by atoms with Crippen LogP contribution in [0.5, 0.6) is 0 Å². The molecule has 0 N–H and O–H groups in total. The molecule has 3 aromatic rings. The van der Waals surface area contributed by atoms with Gasteiger partial charge in [-0.15, -0.1) is 0 Å². The molecule has 1 fully saturated rings. The third-order valence-electron chi connectivity index (χ3n) is 9.11. The minimum atomic E-state index is -0.777. The summed E-state index contributed by atoms with van der Waals surface area (Å²) in [7, 11) is 0. The quantitative estimate of drug-likeness (QED) is 0.0954. The summed E-state index contributed by atoms with van der Waals surface area (Å²) in [6.45, 7) is 2.62. The van der Waals surface area contributed by atoms with Gasteiger partial charge in [0.1, 0.15) is 0 Å². The summed E-state index contributed by atoms with van der Waals surface area (Å²) in [5.41, 5.74) is 5.22. The van der Waals surface area contributed by atoms with Crippen molar-refractivity contribution in [2.45, 2.75) is 68.5 Å². The maximum Gasteiger partial charge on any atom is 0.338 e. The lowest BCUT2D eigenvalue weighted by molar-refractivity contribution is -0.122. The Morgan fingerprint density at radius 1 is 0.780 bits per heavy atom. The third-order valence-corrected chi connectivity index (χ3v) is 10.5. The molecule has 2 atom stereocenters. The molecule has 0 saturated carbocycles. The number of benzene rings is 3.